The second kappa shape index (κ2) is 9.00. The number of amides is 2. The van der Waals surface area contributed by atoms with Crippen molar-refractivity contribution in [2.24, 2.45) is 0 Å². The van der Waals surface area contributed by atoms with Crippen LogP contribution in [0.25, 0.3) is 0 Å². The average Bonchev–Trinajstić information content (AvgIpc) is 2.75. The van der Waals surface area contributed by atoms with Crippen LogP contribution < -0.4 is 10.6 Å². The van der Waals surface area contributed by atoms with Crippen LogP contribution >= 0.6 is 0 Å². The van der Waals surface area contributed by atoms with Crippen LogP contribution in [-0.2, 0) is 9.59 Å². The van der Waals surface area contributed by atoms with Crippen molar-refractivity contribution in [2.45, 2.75) is 26.8 Å². The van der Waals surface area contributed by atoms with Crippen LogP contribution in [0.2, 0.25) is 0 Å². The summed E-state index contributed by atoms with van der Waals surface area (Å²) in [6, 6.07) is 10.9. The van der Waals surface area contributed by atoms with Gasteiger partial charge in [-0.1, -0.05) is 31.2 Å². The highest BCUT2D eigenvalue weighted by Gasteiger charge is 2.30. The number of carbonyl (C=O) groups excluding carboxylic acids is 4. The highest BCUT2D eigenvalue weighted by atomic mass is 16.2. The van der Waals surface area contributed by atoms with E-state index >= 15 is 0 Å². The molecule has 0 unspecified atom stereocenters. The summed E-state index contributed by atoms with van der Waals surface area (Å²) in [5, 5.41) is 5.52. The van der Waals surface area contributed by atoms with E-state index in [1.165, 1.54) is 6.07 Å². The van der Waals surface area contributed by atoms with Crippen molar-refractivity contribution >= 4 is 29.1 Å². The van der Waals surface area contributed by atoms with Gasteiger partial charge in [-0.15, -0.1) is 0 Å². The Bertz CT molecular complexity index is 1020. The Balaban J connectivity index is 1.78. The number of ketones is 2. The minimum Gasteiger partial charge on any atom is -0.355 e. The van der Waals surface area contributed by atoms with Gasteiger partial charge in [0.1, 0.15) is 0 Å². The zero-order valence-electron chi connectivity index (χ0n) is 17.3. The third-order valence-corrected chi connectivity index (χ3v) is 5.25. The predicted molar refractivity (Wildman–Crippen MR) is 114 cm³/mol. The number of carbonyl (C=O) groups is 4. The molecule has 2 N–H and O–H groups in total. The fourth-order valence-electron chi connectivity index (χ4n) is 3.55. The van der Waals surface area contributed by atoms with Crippen LogP contribution in [0.5, 0.6) is 0 Å². The van der Waals surface area contributed by atoms with Gasteiger partial charge in [0.05, 0.1) is 12.6 Å². The number of hydrogen-bond donors (Lipinski definition) is 2. The van der Waals surface area contributed by atoms with Gasteiger partial charge in [0, 0.05) is 34.5 Å². The normalized spacial score (nSPS) is 13.5. The lowest BCUT2D eigenvalue weighted by Crippen LogP contribution is -2.46. The molecule has 0 bridgehead atoms. The first-order valence-corrected chi connectivity index (χ1v) is 10.0. The lowest BCUT2D eigenvalue weighted by molar-refractivity contribution is -0.125. The van der Waals surface area contributed by atoms with Crippen molar-refractivity contribution in [1.29, 1.82) is 0 Å². The van der Waals surface area contributed by atoms with Crippen LogP contribution in [0, 0.1) is 0 Å². The van der Waals surface area contributed by atoms with Gasteiger partial charge in [0.2, 0.25) is 11.8 Å². The van der Waals surface area contributed by atoms with Crippen molar-refractivity contribution < 1.29 is 19.2 Å². The molecule has 0 aliphatic heterocycles. The first-order valence-electron chi connectivity index (χ1n) is 10.0. The zero-order valence-corrected chi connectivity index (χ0v) is 17.3. The van der Waals surface area contributed by atoms with Gasteiger partial charge in [0.15, 0.2) is 11.6 Å². The van der Waals surface area contributed by atoms with Crippen LogP contribution in [-0.4, -0.2) is 54.0 Å². The molecule has 0 fully saturated rings. The second-order valence-electron chi connectivity index (χ2n) is 7.15. The first kappa shape index (κ1) is 21.4. The minimum atomic E-state index is -0.549. The lowest BCUT2D eigenvalue weighted by atomic mass is 9.84. The standard InChI is InChI=1S/C23H25N3O4/c1-4-24-20(27)13-26(5-2)14(3)23(30)25-15-10-11-18-19(12-15)22(29)17-9-7-6-8-16(17)21(18)28/h6-12,14H,4-5,13H2,1-3H3,(H,24,27)(H,25,30)/t14-/m0/s1. The predicted octanol–water partition coefficient (Wildman–Crippen LogP) is 2.25. The van der Waals surface area contributed by atoms with Crippen LogP contribution in [0.15, 0.2) is 42.5 Å². The quantitative estimate of drug-likeness (QED) is 0.626. The number of hydrogen-bond acceptors (Lipinski definition) is 5. The Hall–Kier alpha value is -3.32. The molecule has 7 nitrogen and oxygen atoms in total. The van der Waals surface area contributed by atoms with E-state index in [1.54, 1.807) is 48.2 Å². The number of anilines is 1. The van der Waals surface area contributed by atoms with Gasteiger partial charge in [0.25, 0.3) is 0 Å². The number of nitrogens with zero attached hydrogens (tertiary/aromatic N) is 1. The molecular weight excluding hydrogens is 382 g/mol. The van der Waals surface area contributed by atoms with Crippen molar-refractivity contribution in [1.82, 2.24) is 10.2 Å². The molecule has 0 saturated heterocycles. The zero-order chi connectivity index (χ0) is 21.8. The summed E-state index contributed by atoms with van der Waals surface area (Å²) >= 11 is 0. The Labute approximate surface area is 175 Å². The second-order valence-corrected chi connectivity index (χ2v) is 7.15. The summed E-state index contributed by atoms with van der Waals surface area (Å²) in [5.74, 6) is -0.882. The van der Waals surface area contributed by atoms with Gasteiger partial charge in [-0.3, -0.25) is 24.1 Å². The number of benzene rings is 2. The topological polar surface area (TPSA) is 95.6 Å². The summed E-state index contributed by atoms with van der Waals surface area (Å²) in [6.07, 6.45) is 0. The largest absolute Gasteiger partial charge is 0.355 e. The van der Waals surface area contributed by atoms with Gasteiger partial charge in [-0.25, -0.2) is 0 Å². The Morgan fingerprint density at radius 1 is 0.933 bits per heavy atom. The third kappa shape index (κ3) is 4.16. The molecule has 2 aromatic rings. The molecule has 1 aliphatic rings. The smallest absolute Gasteiger partial charge is 0.241 e. The molecule has 2 aromatic carbocycles. The Kier molecular flexibility index (Phi) is 6.42. The molecular formula is C23H25N3O4. The van der Waals surface area contributed by atoms with Crippen molar-refractivity contribution in [3.63, 3.8) is 0 Å². The molecule has 0 radical (unpaired) electrons. The Morgan fingerprint density at radius 3 is 2.13 bits per heavy atom. The van der Waals surface area contributed by atoms with Crippen LogP contribution in [0.3, 0.4) is 0 Å². The van der Waals surface area contributed by atoms with Crippen molar-refractivity contribution in [3.05, 3.63) is 64.7 Å². The summed E-state index contributed by atoms with van der Waals surface area (Å²) < 4.78 is 0. The van der Waals surface area contributed by atoms with E-state index in [9.17, 15) is 19.2 Å². The molecule has 0 saturated carbocycles. The first-order chi connectivity index (χ1) is 14.4. The number of rotatable bonds is 7. The highest BCUT2D eigenvalue weighted by Crippen LogP contribution is 2.29. The van der Waals surface area contributed by atoms with Gasteiger partial charge < -0.3 is 10.6 Å². The molecule has 1 atom stereocenters. The molecule has 2 amide bonds. The highest BCUT2D eigenvalue weighted by molar-refractivity contribution is 6.28. The van der Waals surface area contributed by atoms with E-state index in [1.807, 2.05) is 13.8 Å². The molecule has 0 spiro atoms. The monoisotopic (exact) mass is 407 g/mol. The number of fused-ring (bicyclic) bond motifs is 2. The molecule has 3 rings (SSSR count). The van der Waals surface area contributed by atoms with Crippen molar-refractivity contribution in [3.8, 4) is 0 Å². The fraction of sp³-hybridized carbons (Fsp3) is 0.304. The van der Waals surface area contributed by atoms with E-state index in [2.05, 4.69) is 10.6 Å². The Morgan fingerprint density at radius 2 is 1.53 bits per heavy atom. The maximum atomic E-state index is 12.8. The summed E-state index contributed by atoms with van der Waals surface area (Å²) in [4.78, 5) is 51.9. The van der Waals surface area contributed by atoms with Crippen LogP contribution in [0.1, 0.15) is 52.6 Å². The molecule has 0 aromatic heterocycles. The summed E-state index contributed by atoms with van der Waals surface area (Å²) in [7, 11) is 0. The van der Waals surface area contributed by atoms with Gasteiger partial charge in [-0.05, 0) is 38.6 Å². The van der Waals surface area contributed by atoms with Crippen molar-refractivity contribution in [2.75, 3.05) is 25.0 Å². The maximum absolute atomic E-state index is 12.8. The van der Waals surface area contributed by atoms with E-state index in [0.29, 0.717) is 35.5 Å². The number of nitrogens with one attached hydrogen (secondary N) is 2. The van der Waals surface area contributed by atoms with E-state index < -0.39 is 6.04 Å². The van der Waals surface area contributed by atoms with E-state index in [-0.39, 0.29) is 35.5 Å². The summed E-state index contributed by atoms with van der Waals surface area (Å²) in [6.45, 7) is 6.62. The van der Waals surface area contributed by atoms with Gasteiger partial charge in [-0.2, -0.15) is 0 Å². The van der Waals surface area contributed by atoms with E-state index in [0.717, 1.165) is 0 Å². The average molecular weight is 407 g/mol. The minimum absolute atomic E-state index is 0.118. The number of likely N-dealkylation sites (N-methyl/N-ethyl adjacent to an activating group) is 2. The summed E-state index contributed by atoms with van der Waals surface area (Å²) in [5.41, 5.74) is 1.80. The molecule has 7 heteroatoms. The maximum Gasteiger partial charge on any atom is 0.241 e. The van der Waals surface area contributed by atoms with E-state index in [4.69, 9.17) is 0 Å². The molecule has 30 heavy (non-hydrogen) atoms. The van der Waals surface area contributed by atoms with Crippen LogP contribution in [0.4, 0.5) is 5.69 Å². The molecule has 1 aliphatic carbocycles. The molecule has 156 valence electrons. The lowest BCUT2D eigenvalue weighted by Gasteiger charge is -2.26. The van der Waals surface area contributed by atoms with Gasteiger partial charge >= 0.3 is 0 Å². The fourth-order valence-corrected chi connectivity index (χ4v) is 3.55. The SMILES string of the molecule is CCNC(=O)CN(CC)[C@@H](C)C(=O)Nc1ccc2c(c1)C(=O)c1ccccc1C2=O. The molecule has 0 heterocycles. The third-order valence-electron chi connectivity index (χ3n) is 5.25.